The van der Waals surface area contributed by atoms with E-state index in [1.54, 1.807) is 0 Å². The fourth-order valence-electron chi connectivity index (χ4n) is 4.05. The number of aromatic amines is 1. The minimum absolute atomic E-state index is 0.317. The van der Waals surface area contributed by atoms with Gasteiger partial charge in [0.1, 0.15) is 0 Å². The maximum atomic E-state index is 5.76. The first-order valence-electron chi connectivity index (χ1n) is 10.1. The van der Waals surface area contributed by atoms with Crippen molar-refractivity contribution in [2.24, 2.45) is 5.73 Å². The van der Waals surface area contributed by atoms with Gasteiger partial charge in [-0.05, 0) is 75.0 Å². The summed E-state index contributed by atoms with van der Waals surface area (Å²) >= 11 is 0. The topological polar surface area (TPSA) is 72.3 Å². The molecule has 4 rings (SSSR count). The summed E-state index contributed by atoms with van der Waals surface area (Å²) < 4.78 is 10.9. The third-order valence-corrected chi connectivity index (χ3v) is 5.51. The predicted molar refractivity (Wildman–Crippen MR) is 113 cm³/mol. The van der Waals surface area contributed by atoms with Gasteiger partial charge in [0.15, 0.2) is 11.5 Å². The Morgan fingerprint density at radius 2 is 2.00 bits per heavy atom. The standard InChI is InChI=1S/C23H29N3O2/c1-16-19(20-6-2-3-7-21(20)26-16)10-12-25-18(5-4-11-24)13-17-8-9-22-23(14-17)28-15-27-22/h2-3,6-9,14,18,25-26H,4-5,10-13,15,24H2,1H3. The lowest BCUT2D eigenvalue weighted by atomic mass is 10.0. The second kappa shape index (κ2) is 8.67. The van der Waals surface area contributed by atoms with E-state index in [1.807, 2.05) is 6.07 Å². The molecule has 3 aromatic rings. The summed E-state index contributed by atoms with van der Waals surface area (Å²) in [5.74, 6) is 1.69. The van der Waals surface area contributed by atoms with Gasteiger partial charge in [-0.1, -0.05) is 24.3 Å². The normalized spacial score (nSPS) is 13.9. The van der Waals surface area contributed by atoms with Crippen LogP contribution in [0.1, 0.15) is 29.7 Å². The van der Waals surface area contributed by atoms with E-state index in [0.29, 0.717) is 12.8 Å². The summed E-state index contributed by atoms with van der Waals surface area (Å²) in [6, 6.07) is 15.2. The average molecular weight is 380 g/mol. The summed E-state index contributed by atoms with van der Waals surface area (Å²) in [4.78, 5) is 3.49. The Morgan fingerprint density at radius 1 is 1.14 bits per heavy atom. The van der Waals surface area contributed by atoms with Crippen molar-refractivity contribution < 1.29 is 9.47 Å². The Hall–Kier alpha value is -2.50. The Balaban J connectivity index is 1.39. The van der Waals surface area contributed by atoms with E-state index in [9.17, 15) is 0 Å². The molecule has 1 aromatic heterocycles. The lowest BCUT2D eigenvalue weighted by Gasteiger charge is -2.19. The predicted octanol–water partition coefficient (Wildman–Crippen LogP) is 3.69. The van der Waals surface area contributed by atoms with Crippen molar-refractivity contribution in [2.75, 3.05) is 19.9 Å². The molecule has 0 amide bonds. The second-order valence-electron chi connectivity index (χ2n) is 7.50. The molecule has 1 atom stereocenters. The van der Waals surface area contributed by atoms with Gasteiger partial charge in [0.2, 0.25) is 6.79 Å². The van der Waals surface area contributed by atoms with Gasteiger partial charge in [-0.3, -0.25) is 0 Å². The van der Waals surface area contributed by atoms with E-state index >= 15 is 0 Å². The van der Waals surface area contributed by atoms with Crippen LogP contribution in [0.15, 0.2) is 42.5 Å². The highest BCUT2D eigenvalue weighted by molar-refractivity contribution is 5.84. The number of benzene rings is 2. The SMILES string of the molecule is Cc1[nH]c2ccccc2c1CCNC(CCCN)Cc1ccc2c(c1)OCO2. The Morgan fingerprint density at radius 3 is 2.89 bits per heavy atom. The molecule has 4 N–H and O–H groups in total. The number of aromatic nitrogens is 1. The number of hydrogen-bond donors (Lipinski definition) is 3. The molecular formula is C23H29N3O2. The summed E-state index contributed by atoms with van der Waals surface area (Å²) in [5, 5.41) is 5.09. The molecule has 0 radical (unpaired) electrons. The molecule has 1 aliphatic rings. The maximum Gasteiger partial charge on any atom is 0.231 e. The molecule has 2 heterocycles. The Bertz CT molecular complexity index is 935. The van der Waals surface area contributed by atoms with Crippen LogP contribution in [0, 0.1) is 6.92 Å². The van der Waals surface area contributed by atoms with Gasteiger partial charge in [-0.15, -0.1) is 0 Å². The molecular weight excluding hydrogens is 350 g/mol. The first-order valence-corrected chi connectivity index (χ1v) is 10.1. The minimum atomic E-state index is 0.317. The molecule has 0 spiro atoms. The van der Waals surface area contributed by atoms with Crippen molar-refractivity contribution in [3.63, 3.8) is 0 Å². The van der Waals surface area contributed by atoms with Gasteiger partial charge >= 0.3 is 0 Å². The van der Waals surface area contributed by atoms with Gasteiger partial charge in [-0.25, -0.2) is 0 Å². The molecule has 0 saturated carbocycles. The monoisotopic (exact) mass is 379 g/mol. The molecule has 5 heteroatoms. The van der Waals surface area contributed by atoms with Crippen LogP contribution in [0.25, 0.3) is 10.9 Å². The van der Waals surface area contributed by atoms with Crippen LogP contribution < -0.4 is 20.5 Å². The van der Waals surface area contributed by atoms with Crippen molar-refractivity contribution in [2.45, 2.75) is 38.6 Å². The van der Waals surface area contributed by atoms with Gasteiger partial charge in [0.25, 0.3) is 0 Å². The highest BCUT2D eigenvalue weighted by Crippen LogP contribution is 2.33. The number of rotatable bonds is 9. The van der Waals surface area contributed by atoms with Gasteiger partial charge in [0, 0.05) is 22.6 Å². The molecule has 28 heavy (non-hydrogen) atoms. The number of fused-ring (bicyclic) bond motifs is 2. The minimum Gasteiger partial charge on any atom is -0.454 e. The lowest BCUT2D eigenvalue weighted by molar-refractivity contribution is 0.174. The number of H-pyrrole nitrogens is 1. The lowest BCUT2D eigenvalue weighted by Crippen LogP contribution is -2.33. The van der Waals surface area contributed by atoms with Crippen LogP contribution in [-0.4, -0.2) is 30.9 Å². The van der Waals surface area contributed by atoms with Crippen molar-refractivity contribution in [3.05, 3.63) is 59.3 Å². The van der Waals surface area contributed by atoms with Crippen LogP contribution in [0.2, 0.25) is 0 Å². The molecule has 0 aliphatic carbocycles. The molecule has 0 bridgehead atoms. The largest absolute Gasteiger partial charge is 0.454 e. The van der Waals surface area contributed by atoms with Gasteiger partial charge < -0.3 is 25.5 Å². The molecule has 0 fully saturated rings. The van der Waals surface area contributed by atoms with E-state index < -0.39 is 0 Å². The zero-order valence-corrected chi connectivity index (χ0v) is 16.5. The van der Waals surface area contributed by atoms with E-state index in [1.165, 1.54) is 27.7 Å². The molecule has 148 valence electrons. The van der Waals surface area contributed by atoms with E-state index in [4.69, 9.17) is 15.2 Å². The molecule has 1 aliphatic heterocycles. The summed E-state index contributed by atoms with van der Waals surface area (Å²) in [6.07, 6.45) is 4.06. The highest BCUT2D eigenvalue weighted by atomic mass is 16.7. The Labute approximate surface area is 166 Å². The summed E-state index contributed by atoms with van der Waals surface area (Å²) in [7, 11) is 0. The zero-order chi connectivity index (χ0) is 19.3. The zero-order valence-electron chi connectivity index (χ0n) is 16.5. The van der Waals surface area contributed by atoms with Crippen LogP contribution >= 0.6 is 0 Å². The highest BCUT2D eigenvalue weighted by Gasteiger charge is 2.16. The fraction of sp³-hybridized carbons (Fsp3) is 0.391. The van der Waals surface area contributed by atoms with Crippen LogP contribution in [0.5, 0.6) is 11.5 Å². The molecule has 0 saturated heterocycles. The number of ether oxygens (including phenoxy) is 2. The van der Waals surface area contributed by atoms with Crippen LogP contribution in [-0.2, 0) is 12.8 Å². The molecule has 2 aromatic carbocycles. The molecule has 1 unspecified atom stereocenters. The maximum absolute atomic E-state index is 5.76. The van der Waals surface area contributed by atoms with E-state index in [2.05, 4.69) is 53.6 Å². The van der Waals surface area contributed by atoms with E-state index in [0.717, 1.165) is 50.3 Å². The fourth-order valence-corrected chi connectivity index (χ4v) is 4.05. The first kappa shape index (κ1) is 18.8. The van der Waals surface area contributed by atoms with Crippen LogP contribution in [0.4, 0.5) is 0 Å². The van der Waals surface area contributed by atoms with Gasteiger partial charge in [-0.2, -0.15) is 0 Å². The number of nitrogens with two attached hydrogens (primary N) is 1. The number of nitrogens with one attached hydrogen (secondary N) is 2. The second-order valence-corrected chi connectivity index (χ2v) is 7.50. The molecule has 5 nitrogen and oxygen atoms in total. The average Bonchev–Trinajstić information content (AvgIpc) is 3.29. The van der Waals surface area contributed by atoms with Crippen molar-refractivity contribution in [1.82, 2.24) is 10.3 Å². The quantitative estimate of drug-likeness (QED) is 0.530. The first-order chi connectivity index (χ1) is 13.7. The number of para-hydroxylation sites is 1. The van der Waals surface area contributed by atoms with Crippen molar-refractivity contribution in [3.8, 4) is 11.5 Å². The van der Waals surface area contributed by atoms with Crippen molar-refractivity contribution in [1.29, 1.82) is 0 Å². The van der Waals surface area contributed by atoms with Crippen molar-refractivity contribution >= 4 is 10.9 Å². The third kappa shape index (κ3) is 4.16. The van der Waals surface area contributed by atoms with Gasteiger partial charge in [0.05, 0.1) is 0 Å². The number of hydrogen-bond acceptors (Lipinski definition) is 4. The summed E-state index contributed by atoms with van der Waals surface area (Å²) in [6.45, 7) is 4.15. The number of aryl methyl sites for hydroxylation is 1. The van der Waals surface area contributed by atoms with E-state index in [-0.39, 0.29) is 0 Å². The Kier molecular flexibility index (Phi) is 5.84. The van der Waals surface area contributed by atoms with Crippen LogP contribution in [0.3, 0.4) is 0 Å². The third-order valence-electron chi connectivity index (χ3n) is 5.51. The summed E-state index contributed by atoms with van der Waals surface area (Å²) in [5.41, 5.74) is 10.9. The smallest absolute Gasteiger partial charge is 0.231 e.